The van der Waals surface area contributed by atoms with Crippen molar-refractivity contribution in [1.82, 2.24) is 0 Å². The van der Waals surface area contributed by atoms with Crippen LogP contribution in [-0.2, 0) is 0 Å². The van der Waals surface area contributed by atoms with E-state index in [0.717, 1.165) is 11.8 Å². The molecule has 2 atom stereocenters. The van der Waals surface area contributed by atoms with Gasteiger partial charge in [-0.15, -0.1) is 0 Å². The monoisotopic (exact) mass is 308 g/mol. The zero-order chi connectivity index (χ0) is 16.5. The maximum atomic E-state index is 2.46. The van der Waals surface area contributed by atoms with Gasteiger partial charge in [0.05, 0.1) is 0 Å². The zero-order valence-corrected chi connectivity index (χ0v) is 16.2. The van der Waals surface area contributed by atoms with Crippen LogP contribution in [0.25, 0.3) is 0 Å². The van der Waals surface area contributed by atoms with E-state index in [2.05, 4.69) is 39.8 Å². The summed E-state index contributed by atoms with van der Waals surface area (Å²) in [6.45, 7) is 9.37. The van der Waals surface area contributed by atoms with Crippen LogP contribution >= 0.6 is 0 Å². The Hall–Kier alpha value is -0.260. The van der Waals surface area contributed by atoms with E-state index in [1.54, 1.807) is 0 Å². The van der Waals surface area contributed by atoms with Gasteiger partial charge in [0.15, 0.2) is 0 Å². The average molecular weight is 309 g/mol. The molecular formula is C22H44. The van der Waals surface area contributed by atoms with Gasteiger partial charge < -0.3 is 0 Å². The van der Waals surface area contributed by atoms with E-state index in [0.29, 0.717) is 0 Å². The van der Waals surface area contributed by atoms with Gasteiger partial charge in [0.2, 0.25) is 0 Å². The highest BCUT2D eigenvalue weighted by molar-refractivity contribution is 4.84. The van der Waals surface area contributed by atoms with Crippen LogP contribution in [0.2, 0.25) is 0 Å². The molecule has 2 unspecified atom stereocenters. The molecule has 22 heavy (non-hydrogen) atoms. The second-order valence-electron chi connectivity index (χ2n) is 7.36. The predicted molar refractivity (Wildman–Crippen MR) is 103 cm³/mol. The van der Waals surface area contributed by atoms with E-state index in [9.17, 15) is 0 Å². The van der Waals surface area contributed by atoms with Gasteiger partial charge in [-0.05, 0) is 31.1 Å². The number of rotatable bonds is 16. The summed E-state index contributed by atoms with van der Waals surface area (Å²) in [5, 5.41) is 0. The van der Waals surface area contributed by atoms with Crippen molar-refractivity contribution in [2.24, 2.45) is 11.8 Å². The molecule has 0 radical (unpaired) electrons. The third-order valence-corrected chi connectivity index (χ3v) is 5.04. The van der Waals surface area contributed by atoms with Gasteiger partial charge in [0.25, 0.3) is 0 Å². The van der Waals surface area contributed by atoms with Crippen molar-refractivity contribution in [1.29, 1.82) is 0 Å². The van der Waals surface area contributed by atoms with E-state index in [-0.39, 0.29) is 0 Å². The summed E-state index contributed by atoms with van der Waals surface area (Å²) in [5.41, 5.74) is 0. The van der Waals surface area contributed by atoms with E-state index in [4.69, 9.17) is 0 Å². The molecule has 132 valence electrons. The Morgan fingerprint density at radius 3 is 1.91 bits per heavy atom. The SMILES string of the molecule is CCCCCCC(C)C/C=C/CCC(CC)CCCCCC. The predicted octanol–water partition coefficient (Wildman–Crippen LogP) is 8.32. The summed E-state index contributed by atoms with van der Waals surface area (Å²) in [6, 6.07) is 0. The third kappa shape index (κ3) is 14.7. The topological polar surface area (TPSA) is 0 Å². The van der Waals surface area contributed by atoms with Crippen molar-refractivity contribution in [3.63, 3.8) is 0 Å². The molecule has 0 aromatic heterocycles. The third-order valence-electron chi connectivity index (χ3n) is 5.04. The second-order valence-corrected chi connectivity index (χ2v) is 7.36. The molecule has 0 nitrogen and oxygen atoms in total. The van der Waals surface area contributed by atoms with Crippen LogP contribution in [0.3, 0.4) is 0 Å². The van der Waals surface area contributed by atoms with Gasteiger partial charge in [-0.3, -0.25) is 0 Å². The quantitative estimate of drug-likeness (QED) is 0.198. The first-order valence-electron chi connectivity index (χ1n) is 10.4. The second kappa shape index (κ2) is 17.1. The lowest BCUT2D eigenvalue weighted by molar-refractivity contribution is 0.416. The Bertz CT molecular complexity index is 228. The summed E-state index contributed by atoms with van der Waals surface area (Å²) in [5.74, 6) is 1.84. The van der Waals surface area contributed by atoms with Gasteiger partial charge in [-0.25, -0.2) is 0 Å². The summed E-state index contributed by atoms with van der Waals surface area (Å²) < 4.78 is 0. The van der Waals surface area contributed by atoms with E-state index >= 15 is 0 Å². The molecule has 0 N–H and O–H groups in total. The summed E-state index contributed by atoms with van der Waals surface area (Å²) in [7, 11) is 0. The summed E-state index contributed by atoms with van der Waals surface area (Å²) >= 11 is 0. The van der Waals surface area contributed by atoms with Crippen LogP contribution in [0.15, 0.2) is 12.2 Å². The Kier molecular flexibility index (Phi) is 16.9. The molecule has 0 heterocycles. The fourth-order valence-electron chi connectivity index (χ4n) is 3.23. The van der Waals surface area contributed by atoms with E-state index < -0.39 is 0 Å². The van der Waals surface area contributed by atoms with Gasteiger partial charge in [-0.2, -0.15) is 0 Å². The van der Waals surface area contributed by atoms with Crippen molar-refractivity contribution < 1.29 is 0 Å². The number of allylic oxidation sites excluding steroid dienone is 2. The van der Waals surface area contributed by atoms with Crippen molar-refractivity contribution in [3.8, 4) is 0 Å². The van der Waals surface area contributed by atoms with Crippen molar-refractivity contribution >= 4 is 0 Å². The molecule has 0 aliphatic rings. The van der Waals surface area contributed by atoms with Gasteiger partial charge >= 0.3 is 0 Å². The lowest BCUT2D eigenvalue weighted by atomic mass is 9.93. The molecule has 0 aromatic carbocycles. The lowest BCUT2D eigenvalue weighted by Crippen LogP contribution is -1.98. The minimum absolute atomic E-state index is 0.879. The normalized spacial score (nSPS) is 14.5. The van der Waals surface area contributed by atoms with Crippen molar-refractivity contribution in [2.45, 2.75) is 118 Å². The van der Waals surface area contributed by atoms with Crippen LogP contribution in [0.1, 0.15) is 118 Å². The van der Waals surface area contributed by atoms with Crippen molar-refractivity contribution in [2.75, 3.05) is 0 Å². The Balaban J connectivity index is 3.56. The molecule has 0 aliphatic carbocycles. The maximum absolute atomic E-state index is 2.46. The van der Waals surface area contributed by atoms with Crippen molar-refractivity contribution in [3.05, 3.63) is 12.2 Å². The molecule has 0 saturated carbocycles. The van der Waals surface area contributed by atoms with E-state index in [1.807, 2.05) is 0 Å². The summed E-state index contributed by atoms with van der Waals surface area (Å²) in [4.78, 5) is 0. The van der Waals surface area contributed by atoms with Gasteiger partial charge in [-0.1, -0.05) is 110 Å². The largest absolute Gasteiger partial charge is 0.0885 e. The van der Waals surface area contributed by atoms with Crippen LogP contribution in [0.5, 0.6) is 0 Å². The minimum atomic E-state index is 0.879. The number of unbranched alkanes of at least 4 members (excludes halogenated alkanes) is 6. The first-order valence-corrected chi connectivity index (χ1v) is 10.4. The molecule has 0 rings (SSSR count). The average Bonchev–Trinajstić information content (AvgIpc) is 2.53. The van der Waals surface area contributed by atoms with Gasteiger partial charge in [0, 0.05) is 0 Å². The highest BCUT2D eigenvalue weighted by Gasteiger charge is 2.04. The number of hydrogen-bond acceptors (Lipinski definition) is 0. The lowest BCUT2D eigenvalue weighted by Gasteiger charge is -2.13. The molecule has 0 heteroatoms. The maximum Gasteiger partial charge on any atom is -0.0325 e. The highest BCUT2D eigenvalue weighted by atomic mass is 14.1. The van der Waals surface area contributed by atoms with Crippen LogP contribution in [0.4, 0.5) is 0 Å². The zero-order valence-electron chi connectivity index (χ0n) is 16.2. The van der Waals surface area contributed by atoms with Crippen LogP contribution in [-0.4, -0.2) is 0 Å². The molecule has 0 aromatic rings. The van der Waals surface area contributed by atoms with Crippen LogP contribution < -0.4 is 0 Å². The fraction of sp³-hybridized carbons (Fsp3) is 0.909. The minimum Gasteiger partial charge on any atom is -0.0885 e. The highest BCUT2D eigenvalue weighted by Crippen LogP contribution is 2.20. The molecule has 0 fully saturated rings. The standard InChI is InChI=1S/C22H44/c1-5-8-10-13-17-21(4)18-14-12-16-20-22(7-3)19-15-11-9-6-2/h12,14,21-22H,5-11,13,15-20H2,1-4H3/b14-12+. The van der Waals surface area contributed by atoms with Gasteiger partial charge in [0.1, 0.15) is 0 Å². The van der Waals surface area contributed by atoms with E-state index in [1.165, 1.54) is 89.9 Å². The molecule has 0 bridgehead atoms. The first-order chi connectivity index (χ1) is 10.7. The Labute approximate surface area is 142 Å². The Morgan fingerprint density at radius 2 is 1.32 bits per heavy atom. The molecule has 0 saturated heterocycles. The summed E-state index contributed by atoms with van der Waals surface area (Å²) in [6.07, 6.45) is 24.4. The molecular weight excluding hydrogens is 264 g/mol. The van der Waals surface area contributed by atoms with Crippen LogP contribution in [0, 0.1) is 11.8 Å². The Morgan fingerprint density at radius 1 is 0.682 bits per heavy atom. The first kappa shape index (κ1) is 21.7. The molecule has 0 spiro atoms. The fourth-order valence-corrected chi connectivity index (χ4v) is 3.23. The molecule has 0 aliphatic heterocycles. The smallest absolute Gasteiger partial charge is 0.0325 e. The number of hydrogen-bond donors (Lipinski definition) is 0. The molecule has 0 amide bonds.